The van der Waals surface area contributed by atoms with Gasteiger partial charge in [0.2, 0.25) is 0 Å². The Hall–Kier alpha value is -1.55. The van der Waals surface area contributed by atoms with E-state index in [-0.39, 0.29) is 0 Å². The highest BCUT2D eigenvalue weighted by atomic mass is 32.1. The summed E-state index contributed by atoms with van der Waals surface area (Å²) < 4.78 is 10.6. The number of benzene rings is 1. The Morgan fingerprint density at radius 2 is 1.61 bits per heavy atom. The molecule has 4 heteroatoms. The molecule has 0 aliphatic heterocycles. The molecule has 96 valence electrons. The van der Waals surface area contributed by atoms with Crippen LogP contribution in [-0.4, -0.2) is 19.2 Å². The molecule has 0 unspecified atom stereocenters. The second-order valence-corrected chi connectivity index (χ2v) is 5.39. The zero-order valence-electron chi connectivity index (χ0n) is 11.3. The quantitative estimate of drug-likeness (QED) is 0.845. The van der Waals surface area contributed by atoms with Crippen LogP contribution in [0.3, 0.4) is 0 Å². The number of hydrogen-bond donors (Lipinski definition) is 0. The van der Waals surface area contributed by atoms with Crippen LogP contribution in [0.2, 0.25) is 0 Å². The molecule has 0 spiro atoms. The molecule has 0 aliphatic carbocycles. The van der Waals surface area contributed by atoms with Crippen LogP contribution in [0.5, 0.6) is 11.5 Å². The highest BCUT2D eigenvalue weighted by molar-refractivity contribution is 7.15. The maximum Gasteiger partial charge on any atom is 0.161 e. The monoisotopic (exact) mass is 263 g/mol. The van der Waals surface area contributed by atoms with Crippen molar-refractivity contribution in [2.75, 3.05) is 14.2 Å². The number of nitrogens with zero attached hydrogens (tertiary/aromatic N) is 1. The summed E-state index contributed by atoms with van der Waals surface area (Å²) in [5, 5.41) is 1.03. The van der Waals surface area contributed by atoms with Crippen LogP contribution in [0.15, 0.2) is 12.1 Å². The predicted octanol–water partition coefficient (Wildman–Crippen LogP) is 3.75. The summed E-state index contributed by atoms with van der Waals surface area (Å²) in [5.74, 6) is 1.49. The summed E-state index contributed by atoms with van der Waals surface area (Å²) in [6.07, 6.45) is 0. The SMILES string of the molecule is COc1cc(C)c(-c2nc(C)c(C)s2)cc1OC. The summed E-state index contributed by atoms with van der Waals surface area (Å²) in [6.45, 7) is 6.18. The van der Waals surface area contributed by atoms with Crippen molar-refractivity contribution in [3.05, 3.63) is 28.3 Å². The van der Waals surface area contributed by atoms with Gasteiger partial charge in [0, 0.05) is 10.4 Å². The van der Waals surface area contributed by atoms with Crippen molar-refractivity contribution in [2.24, 2.45) is 0 Å². The first-order chi connectivity index (χ1) is 8.56. The van der Waals surface area contributed by atoms with Crippen molar-refractivity contribution in [1.82, 2.24) is 4.98 Å². The number of rotatable bonds is 3. The van der Waals surface area contributed by atoms with Gasteiger partial charge in [-0.1, -0.05) is 0 Å². The first-order valence-electron chi connectivity index (χ1n) is 5.73. The van der Waals surface area contributed by atoms with Crippen molar-refractivity contribution in [1.29, 1.82) is 0 Å². The molecule has 0 bridgehead atoms. The molecule has 2 rings (SSSR count). The van der Waals surface area contributed by atoms with Crippen molar-refractivity contribution in [3.63, 3.8) is 0 Å². The van der Waals surface area contributed by atoms with Crippen LogP contribution >= 0.6 is 11.3 Å². The molecule has 0 amide bonds. The van der Waals surface area contributed by atoms with Crippen LogP contribution in [-0.2, 0) is 0 Å². The van der Waals surface area contributed by atoms with E-state index in [9.17, 15) is 0 Å². The molecule has 18 heavy (non-hydrogen) atoms. The first-order valence-corrected chi connectivity index (χ1v) is 6.55. The lowest BCUT2D eigenvalue weighted by Crippen LogP contribution is -1.93. The fourth-order valence-electron chi connectivity index (χ4n) is 1.80. The summed E-state index contributed by atoms with van der Waals surface area (Å²) in [7, 11) is 3.30. The Morgan fingerprint density at radius 1 is 1.00 bits per heavy atom. The minimum absolute atomic E-state index is 0.739. The number of ether oxygens (including phenoxy) is 2. The number of aromatic nitrogens is 1. The molecule has 0 saturated heterocycles. The van der Waals surface area contributed by atoms with Crippen molar-refractivity contribution in [2.45, 2.75) is 20.8 Å². The molecule has 2 aromatic rings. The van der Waals surface area contributed by atoms with E-state index < -0.39 is 0 Å². The summed E-state index contributed by atoms with van der Waals surface area (Å²) in [5.41, 5.74) is 3.33. The zero-order valence-corrected chi connectivity index (χ0v) is 12.1. The van der Waals surface area contributed by atoms with Crippen LogP contribution < -0.4 is 9.47 Å². The number of aryl methyl sites for hydroxylation is 3. The molecular formula is C14H17NO2S. The molecule has 0 N–H and O–H groups in total. The average molecular weight is 263 g/mol. The third kappa shape index (κ3) is 2.20. The molecule has 0 aliphatic rings. The van der Waals surface area contributed by atoms with Gasteiger partial charge >= 0.3 is 0 Å². The summed E-state index contributed by atoms with van der Waals surface area (Å²) in [6, 6.07) is 3.98. The molecule has 0 radical (unpaired) electrons. The molecule has 0 fully saturated rings. The lowest BCUT2D eigenvalue weighted by molar-refractivity contribution is 0.355. The molecule has 0 saturated carbocycles. The minimum Gasteiger partial charge on any atom is -0.493 e. The maximum absolute atomic E-state index is 5.34. The van der Waals surface area contributed by atoms with E-state index in [1.54, 1.807) is 25.6 Å². The van der Waals surface area contributed by atoms with E-state index >= 15 is 0 Å². The Kier molecular flexibility index (Phi) is 3.57. The van der Waals surface area contributed by atoms with Gasteiger partial charge in [0.15, 0.2) is 11.5 Å². The van der Waals surface area contributed by atoms with E-state index in [0.29, 0.717) is 0 Å². The fourth-order valence-corrected chi connectivity index (χ4v) is 2.79. The van der Waals surface area contributed by atoms with Crippen molar-refractivity contribution >= 4 is 11.3 Å². The highest BCUT2D eigenvalue weighted by Gasteiger charge is 2.13. The lowest BCUT2D eigenvalue weighted by atomic mass is 10.1. The minimum atomic E-state index is 0.739. The predicted molar refractivity (Wildman–Crippen MR) is 74.9 cm³/mol. The van der Waals surface area contributed by atoms with Gasteiger partial charge < -0.3 is 9.47 Å². The molecule has 0 atom stereocenters. The van der Waals surface area contributed by atoms with Gasteiger partial charge in [0.05, 0.1) is 19.9 Å². The molecule has 1 aromatic carbocycles. The third-order valence-electron chi connectivity index (χ3n) is 2.99. The highest BCUT2D eigenvalue weighted by Crippen LogP contribution is 2.37. The van der Waals surface area contributed by atoms with Crippen molar-refractivity contribution in [3.8, 4) is 22.1 Å². The van der Waals surface area contributed by atoms with Gasteiger partial charge in [-0.15, -0.1) is 11.3 Å². The Balaban J connectivity index is 2.57. The third-order valence-corrected chi connectivity index (χ3v) is 4.10. The lowest BCUT2D eigenvalue weighted by Gasteiger charge is -2.11. The van der Waals surface area contributed by atoms with Crippen LogP contribution in [0, 0.1) is 20.8 Å². The van der Waals surface area contributed by atoms with Gasteiger partial charge in [-0.2, -0.15) is 0 Å². The molecule has 1 heterocycles. The van der Waals surface area contributed by atoms with Crippen molar-refractivity contribution < 1.29 is 9.47 Å². The van der Waals surface area contributed by atoms with Crippen LogP contribution in [0.25, 0.3) is 10.6 Å². The first kappa shape index (κ1) is 12.9. The number of methoxy groups -OCH3 is 2. The second-order valence-electron chi connectivity index (χ2n) is 4.18. The zero-order chi connectivity index (χ0) is 13.3. The molecular weight excluding hydrogens is 246 g/mol. The summed E-state index contributed by atoms with van der Waals surface area (Å²) in [4.78, 5) is 5.84. The summed E-state index contributed by atoms with van der Waals surface area (Å²) >= 11 is 1.71. The Bertz CT molecular complexity index is 556. The van der Waals surface area contributed by atoms with Gasteiger partial charge in [-0.3, -0.25) is 0 Å². The maximum atomic E-state index is 5.34. The average Bonchev–Trinajstić information content (AvgIpc) is 2.69. The van der Waals surface area contributed by atoms with E-state index in [0.717, 1.165) is 33.3 Å². The Morgan fingerprint density at radius 3 is 2.11 bits per heavy atom. The number of thiazole rings is 1. The largest absolute Gasteiger partial charge is 0.493 e. The van der Waals surface area contributed by atoms with E-state index in [4.69, 9.17) is 9.47 Å². The van der Waals surface area contributed by atoms with E-state index in [1.165, 1.54) is 4.88 Å². The number of hydrogen-bond acceptors (Lipinski definition) is 4. The van der Waals surface area contributed by atoms with Crippen LogP contribution in [0.1, 0.15) is 16.1 Å². The van der Waals surface area contributed by atoms with Gasteiger partial charge in [0.1, 0.15) is 5.01 Å². The normalized spacial score (nSPS) is 10.5. The molecule has 1 aromatic heterocycles. The van der Waals surface area contributed by atoms with E-state index in [2.05, 4.69) is 18.8 Å². The van der Waals surface area contributed by atoms with Gasteiger partial charge in [-0.05, 0) is 38.5 Å². The standard InChI is InChI=1S/C14H17NO2S/c1-8-6-12(16-4)13(17-5)7-11(8)14-15-9(2)10(3)18-14/h6-7H,1-5H3. The second kappa shape index (κ2) is 4.98. The fraction of sp³-hybridized carbons (Fsp3) is 0.357. The Labute approximate surface area is 111 Å². The topological polar surface area (TPSA) is 31.4 Å². The van der Waals surface area contributed by atoms with Gasteiger partial charge in [-0.25, -0.2) is 4.98 Å². The molecule has 3 nitrogen and oxygen atoms in total. The van der Waals surface area contributed by atoms with Crippen LogP contribution in [0.4, 0.5) is 0 Å². The van der Waals surface area contributed by atoms with E-state index in [1.807, 2.05) is 19.1 Å². The van der Waals surface area contributed by atoms with Gasteiger partial charge in [0.25, 0.3) is 0 Å². The smallest absolute Gasteiger partial charge is 0.161 e.